The van der Waals surface area contributed by atoms with Crippen LogP contribution in [0.15, 0.2) is 96.2 Å². The minimum atomic E-state index is -1.43. The first-order valence-electron chi connectivity index (χ1n) is 25.6. The van der Waals surface area contributed by atoms with Crippen molar-refractivity contribution in [3.05, 3.63) is 108 Å². The zero-order valence-corrected chi connectivity index (χ0v) is 40.9. The van der Waals surface area contributed by atoms with E-state index < -0.39 is 23.8 Å². The van der Waals surface area contributed by atoms with Crippen molar-refractivity contribution in [2.24, 2.45) is 22.9 Å². The van der Waals surface area contributed by atoms with E-state index in [-0.39, 0.29) is 63.2 Å². The highest BCUT2D eigenvalue weighted by atomic mass is 16.7. The molecule has 13 heteroatoms. The number of ether oxygens (including phenoxy) is 5. The van der Waals surface area contributed by atoms with Gasteiger partial charge in [0.05, 0.1) is 18.2 Å². The maximum atomic E-state index is 15.2. The number of nitrogens with one attached hydrogen (secondary N) is 1. The number of unbranched alkanes of at least 4 members (excludes halogenated alkanes) is 10. The first-order chi connectivity index (χ1) is 33.8. The summed E-state index contributed by atoms with van der Waals surface area (Å²) in [5.41, 5.74) is 4.32. The van der Waals surface area contributed by atoms with Crippen LogP contribution in [0.4, 0.5) is 4.79 Å². The molecule has 1 fully saturated rings. The van der Waals surface area contributed by atoms with Crippen molar-refractivity contribution in [1.82, 2.24) is 10.2 Å². The summed E-state index contributed by atoms with van der Waals surface area (Å²) in [6.45, 7) is 7.31. The van der Waals surface area contributed by atoms with E-state index >= 15 is 4.79 Å². The Morgan fingerprint density at radius 2 is 1.58 bits per heavy atom. The second kappa shape index (κ2) is 26.0. The number of benzene rings is 3. The molecule has 4 aliphatic rings. The molecule has 7 rings (SSSR count). The van der Waals surface area contributed by atoms with Gasteiger partial charge < -0.3 is 49.0 Å². The normalized spacial score (nSPS) is 22.5. The molecule has 1 saturated carbocycles. The first-order valence-corrected chi connectivity index (χ1v) is 25.6. The quantitative estimate of drug-likeness (QED) is 0.0363. The number of carbonyl (C=O) groups is 2. The molecule has 69 heavy (non-hydrogen) atoms. The molecule has 0 unspecified atom stereocenters. The summed E-state index contributed by atoms with van der Waals surface area (Å²) in [6, 6.07) is 20.3. The van der Waals surface area contributed by atoms with Crippen molar-refractivity contribution in [3.63, 3.8) is 0 Å². The highest BCUT2D eigenvalue weighted by Crippen LogP contribution is 2.62. The molecule has 3 N–H and O–H groups in total. The summed E-state index contributed by atoms with van der Waals surface area (Å²) in [4.78, 5) is 36.2. The van der Waals surface area contributed by atoms with Crippen molar-refractivity contribution < 1.29 is 48.3 Å². The summed E-state index contributed by atoms with van der Waals surface area (Å²) in [6.07, 6.45) is 18.7. The Kier molecular flexibility index (Phi) is 19.4. The Morgan fingerprint density at radius 1 is 0.855 bits per heavy atom. The molecule has 0 bridgehead atoms. The summed E-state index contributed by atoms with van der Waals surface area (Å²) < 4.78 is 32.1. The zero-order valence-electron chi connectivity index (χ0n) is 40.9. The minimum absolute atomic E-state index is 0.00281. The number of amides is 2. The number of oxime groups is 1. The van der Waals surface area contributed by atoms with Crippen LogP contribution in [0.2, 0.25) is 0 Å². The molecular formula is C56H75N3O10. The Balaban J connectivity index is 1.32. The number of nitrogens with zero attached hydrogens (tertiary/aromatic N) is 2. The van der Waals surface area contributed by atoms with Crippen molar-refractivity contribution in [1.29, 1.82) is 0 Å². The molecule has 0 saturated heterocycles. The molecule has 0 aromatic heterocycles. The van der Waals surface area contributed by atoms with E-state index in [0.717, 1.165) is 73.6 Å². The van der Waals surface area contributed by atoms with E-state index in [4.69, 9.17) is 33.7 Å². The van der Waals surface area contributed by atoms with Crippen LogP contribution >= 0.6 is 0 Å². The predicted molar refractivity (Wildman–Crippen MR) is 266 cm³/mol. The lowest BCUT2D eigenvalue weighted by molar-refractivity contribution is -0.258. The molecule has 374 valence electrons. The van der Waals surface area contributed by atoms with Gasteiger partial charge in [0.1, 0.15) is 24.7 Å². The Hall–Kier alpha value is -5.37. The number of hydrogen-bond donors (Lipinski definition) is 3. The van der Waals surface area contributed by atoms with Gasteiger partial charge in [-0.15, -0.1) is 6.58 Å². The molecular weight excluding hydrogens is 875 g/mol. The number of aliphatic hydroxyl groups is 2. The lowest BCUT2D eigenvalue weighted by Crippen LogP contribution is -2.70. The van der Waals surface area contributed by atoms with Gasteiger partial charge in [-0.1, -0.05) is 125 Å². The number of aliphatic hydroxyl groups excluding tert-OH is 2. The van der Waals surface area contributed by atoms with E-state index in [1.807, 2.05) is 65.6 Å². The molecule has 2 amide bonds. The smallest absolute Gasteiger partial charge is 0.412 e. The van der Waals surface area contributed by atoms with Crippen LogP contribution in [0.3, 0.4) is 0 Å². The second-order valence-electron chi connectivity index (χ2n) is 19.0. The Bertz CT molecular complexity index is 2200. The monoisotopic (exact) mass is 950 g/mol. The van der Waals surface area contributed by atoms with Crippen LogP contribution in [0.5, 0.6) is 23.0 Å². The number of allylic oxidation sites excluding steroid dienone is 1. The molecule has 3 aromatic carbocycles. The lowest BCUT2D eigenvalue weighted by atomic mass is 9.55. The van der Waals surface area contributed by atoms with Crippen molar-refractivity contribution in [3.8, 4) is 23.0 Å². The molecule has 0 spiro atoms. The molecule has 3 aromatic rings. The Morgan fingerprint density at radius 3 is 2.32 bits per heavy atom. The van der Waals surface area contributed by atoms with Crippen LogP contribution < -0.4 is 24.3 Å². The summed E-state index contributed by atoms with van der Waals surface area (Å²) in [5, 5.41) is 27.6. The largest absolute Gasteiger partial charge is 0.459 e. The van der Waals surface area contributed by atoms with Crippen molar-refractivity contribution in [2.75, 3.05) is 33.7 Å². The summed E-state index contributed by atoms with van der Waals surface area (Å²) >= 11 is 0. The van der Waals surface area contributed by atoms with Gasteiger partial charge in [0.25, 0.3) is 0 Å². The second-order valence-corrected chi connectivity index (χ2v) is 19.0. The number of fused-ring (bicyclic) bond motifs is 3. The van der Waals surface area contributed by atoms with E-state index in [1.54, 1.807) is 19.3 Å². The van der Waals surface area contributed by atoms with Gasteiger partial charge in [-0.05, 0) is 91.0 Å². The zero-order chi connectivity index (χ0) is 48.4. The maximum Gasteiger partial charge on any atom is 0.412 e. The Labute approximate surface area is 409 Å². The van der Waals surface area contributed by atoms with Gasteiger partial charge >= 0.3 is 6.09 Å². The lowest BCUT2D eigenvalue weighted by Gasteiger charge is -2.60. The van der Waals surface area contributed by atoms with E-state index in [0.29, 0.717) is 54.5 Å². The van der Waals surface area contributed by atoms with Gasteiger partial charge in [0.15, 0.2) is 11.5 Å². The number of rotatable bonds is 28. The standard InChI is InChI=1S/C56H75N3O10/c1-4-6-7-8-9-10-11-12-16-25-52(62)59(38-41-26-28-49-50(33-41)66-39-65-49)51-36-47(58-64-3)45-34-42(23-17-19-30-60)44(24-18-20-31-61)53-46-35-43(68-55(63)57-37-40-21-14-13-15-22-40)27-29-48(46)69-56(51,54(45)53)67-32-5-2/h5,13-15,21-22,26-29,33-35,42,44,51,53-54,60-61H,2,4,6-12,16-20,23-25,30-32,36-39H2,1,3H3,(H,57,63)/t42-,44+,51-,53+,54+,56+/m0/s1. The minimum Gasteiger partial charge on any atom is -0.459 e. The molecule has 2 heterocycles. The molecule has 6 atom stereocenters. The average Bonchev–Trinajstić information content (AvgIpc) is 3.84. The van der Waals surface area contributed by atoms with E-state index in [2.05, 4.69) is 24.9 Å². The topological polar surface area (TPSA) is 158 Å². The van der Waals surface area contributed by atoms with Gasteiger partial charge in [-0.3, -0.25) is 4.79 Å². The fourth-order valence-electron chi connectivity index (χ4n) is 11.1. The van der Waals surface area contributed by atoms with Crippen LogP contribution in [-0.2, 0) is 27.5 Å². The van der Waals surface area contributed by atoms with Crippen LogP contribution in [0.25, 0.3) is 0 Å². The maximum absolute atomic E-state index is 15.2. The van der Waals surface area contributed by atoms with Gasteiger partial charge in [0, 0.05) is 50.6 Å². The van der Waals surface area contributed by atoms with Crippen LogP contribution in [0, 0.1) is 17.8 Å². The number of carbonyl (C=O) groups excluding carboxylic acids is 2. The fourth-order valence-corrected chi connectivity index (χ4v) is 11.1. The van der Waals surface area contributed by atoms with Gasteiger partial charge in [-0.25, -0.2) is 4.79 Å². The predicted octanol–water partition coefficient (Wildman–Crippen LogP) is 10.9. The van der Waals surface area contributed by atoms with Crippen molar-refractivity contribution >= 4 is 17.7 Å². The first kappa shape index (κ1) is 51.5. The third-order valence-corrected chi connectivity index (χ3v) is 14.3. The SMILES string of the molecule is C=CCO[C@@]12Oc3ccc(OC(=O)NCc4ccccc4)cc3[C@H]3[C@H](CCCCO)[C@@H](CCCCO)C=C(C(=NOC)C[C@@H]1N(Cc1ccc4c(c1)OCO4)C(=O)CCCCCCCCCCC)[C@H]32. The molecule has 13 nitrogen and oxygen atoms in total. The highest BCUT2D eigenvalue weighted by Gasteiger charge is 2.65. The van der Waals surface area contributed by atoms with Gasteiger partial charge in [0.2, 0.25) is 18.5 Å². The van der Waals surface area contributed by atoms with Gasteiger partial charge in [-0.2, -0.15) is 0 Å². The van der Waals surface area contributed by atoms with Crippen LogP contribution in [0.1, 0.15) is 139 Å². The van der Waals surface area contributed by atoms with Crippen molar-refractivity contribution in [2.45, 2.75) is 147 Å². The molecule has 2 aliphatic heterocycles. The van der Waals surface area contributed by atoms with E-state index in [9.17, 15) is 15.0 Å². The average molecular weight is 950 g/mol. The van der Waals surface area contributed by atoms with E-state index in [1.165, 1.54) is 32.1 Å². The summed E-state index contributed by atoms with van der Waals surface area (Å²) in [5.74, 6) is 0.0448. The number of hydrogen-bond acceptors (Lipinski definition) is 11. The third kappa shape index (κ3) is 12.9. The fraction of sp³-hybridized carbons (Fsp3) is 0.554. The molecule has 0 radical (unpaired) electrons. The van der Waals surface area contributed by atoms with Crippen LogP contribution in [-0.4, -0.2) is 78.4 Å². The highest BCUT2D eigenvalue weighted by molar-refractivity contribution is 6.03. The third-order valence-electron chi connectivity index (χ3n) is 14.3. The summed E-state index contributed by atoms with van der Waals surface area (Å²) in [7, 11) is 1.55. The molecule has 2 aliphatic carbocycles.